The number of aromatic nitrogens is 2. The lowest BCUT2D eigenvalue weighted by molar-refractivity contribution is -0.0115. The molecule has 0 spiro atoms. The number of rotatable bonds is 9. The van der Waals surface area contributed by atoms with Gasteiger partial charge in [-0.1, -0.05) is 6.92 Å². The lowest BCUT2D eigenvalue weighted by Crippen LogP contribution is -2.48. The lowest BCUT2D eigenvalue weighted by Gasteiger charge is -2.35. The molecule has 14 nitrogen and oxygen atoms in total. The number of urea groups is 1. The number of nitrogens with zero attached hydrogens (tertiary/aromatic N) is 4. The summed E-state index contributed by atoms with van der Waals surface area (Å²) in [6, 6.07) is 10.7. The van der Waals surface area contributed by atoms with Crippen LogP contribution in [-0.4, -0.2) is 104 Å². The van der Waals surface area contributed by atoms with Crippen molar-refractivity contribution in [3.05, 3.63) is 60.6 Å². The van der Waals surface area contributed by atoms with Crippen molar-refractivity contribution in [3.63, 3.8) is 0 Å². The smallest absolute Gasteiger partial charge is 0.321 e. The second kappa shape index (κ2) is 16.9. The molecule has 3 aromatic rings. The summed E-state index contributed by atoms with van der Waals surface area (Å²) in [5, 5.41) is 12.9. The molecule has 0 fully saturated rings. The molecule has 1 aliphatic heterocycles. The van der Waals surface area contributed by atoms with Crippen molar-refractivity contribution in [2.75, 3.05) is 50.5 Å². The van der Waals surface area contributed by atoms with Gasteiger partial charge in [-0.2, -0.15) is 8.42 Å². The van der Waals surface area contributed by atoms with E-state index in [0.29, 0.717) is 30.2 Å². The molecule has 2 aromatic carbocycles. The quantitative estimate of drug-likeness (QED) is 0.297. The molecule has 1 aliphatic rings. The number of methoxy groups -OCH3 is 1. The normalized spacial score (nSPS) is 19.9. The van der Waals surface area contributed by atoms with E-state index in [0.717, 1.165) is 12.8 Å². The zero-order chi connectivity index (χ0) is 35.7. The number of carbonyl (C=O) groups excluding carboxylic acids is 2. The summed E-state index contributed by atoms with van der Waals surface area (Å²) in [5.74, 6) is 0.262. The largest absolute Gasteiger partial charge is 0.497 e. The van der Waals surface area contributed by atoms with Gasteiger partial charge in [0.2, 0.25) is 0 Å². The molecule has 0 radical (unpaired) electrons. The SMILES string of the molecule is COc1ccc(NC(=O)N(C)C[C@@H]2OCCCC[C@@H](C)Oc3ccc(NS(=O)(=O)c4cn(C)cn4)cc3C(=O)N([C@H](C)CO)C[C@@H]2C)cc1. The summed E-state index contributed by atoms with van der Waals surface area (Å²) in [5.41, 5.74) is 0.916. The average Bonchev–Trinajstić information content (AvgIpc) is 3.53. The average molecular weight is 701 g/mol. The number of anilines is 2. The summed E-state index contributed by atoms with van der Waals surface area (Å²) in [6.45, 7) is 6.14. The third kappa shape index (κ3) is 10.1. The van der Waals surface area contributed by atoms with Gasteiger partial charge in [-0.15, -0.1) is 0 Å². The van der Waals surface area contributed by atoms with Crippen LogP contribution in [-0.2, 0) is 21.8 Å². The molecule has 0 saturated carbocycles. The Hall–Kier alpha value is -4.34. The molecule has 0 saturated heterocycles. The minimum Gasteiger partial charge on any atom is -0.497 e. The number of hydrogen-bond acceptors (Lipinski definition) is 9. The number of benzene rings is 2. The number of aliphatic hydroxyl groups is 1. The van der Waals surface area contributed by atoms with E-state index in [1.807, 2.05) is 13.8 Å². The number of imidazole rings is 1. The van der Waals surface area contributed by atoms with E-state index in [2.05, 4.69) is 15.0 Å². The van der Waals surface area contributed by atoms with Gasteiger partial charge in [0.25, 0.3) is 15.9 Å². The summed E-state index contributed by atoms with van der Waals surface area (Å²) < 4.78 is 47.9. The van der Waals surface area contributed by atoms with Crippen molar-refractivity contribution >= 4 is 33.3 Å². The zero-order valence-corrected chi connectivity index (χ0v) is 29.8. The van der Waals surface area contributed by atoms with Crippen LogP contribution in [0.1, 0.15) is 50.4 Å². The van der Waals surface area contributed by atoms with E-state index in [1.165, 1.54) is 28.1 Å². The van der Waals surface area contributed by atoms with Gasteiger partial charge in [0.05, 0.1) is 43.9 Å². The lowest BCUT2D eigenvalue weighted by atomic mass is 10.0. The number of ether oxygens (including phenoxy) is 3. The second-order valence-corrected chi connectivity index (χ2v) is 14.2. The first kappa shape index (κ1) is 37.5. The second-order valence-electron chi connectivity index (χ2n) is 12.5. The molecular weight excluding hydrogens is 652 g/mol. The fourth-order valence-electron chi connectivity index (χ4n) is 5.43. The Labute approximate surface area is 288 Å². The number of nitrogens with one attached hydrogen (secondary N) is 2. The maximum Gasteiger partial charge on any atom is 0.321 e. The third-order valence-electron chi connectivity index (χ3n) is 8.40. The van der Waals surface area contributed by atoms with Crippen molar-refractivity contribution in [2.45, 2.75) is 63.3 Å². The molecule has 0 unspecified atom stereocenters. The molecule has 49 heavy (non-hydrogen) atoms. The highest BCUT2D eigenvalue weighted by atomic mass is 32.2. The summed E-state index contributed by atoms with van der Waals surface area (Å²) >= 11 is 0. The van der Waals surface area contributed by atoms with Gasteiger partial charge < -0.3 is 39.0 Å². The first-order chi connectivity index (χ1) is 23.3. The number of likely N-dealkylation sites (N-methyl/N-ethyl adjacent to an activating group) is 1. The van der Waals surface area contributed by atoms with E-state index in [9.17, 15) is 23.1 Å². The third-order valence-corrected chi connectivity index (χ3v) is 9.67. The van der Waals surface area contributed by atoms with Crippen molar-refractivity contribution in [1.29, 1.82) is 0 Å². The highest BCUT2D eigenvalue weighted by Crippen LogP contribution is 2.29. The van der Waals surface area contributed by atoms with Crippen LogP contribution in [0.25, 0.3) is 0 Å². The van der Waals surface area contributed by atoms with Crippen LogP contribution in [0.2, 0.25) is 0 Å². The van der Waals surface area contributed by atoms with E-state index in [4.69, 9.17) is 14.2 Å². The first-order valence-corrected chi connectivity index (χ1v) is 17.8. The van der Waals surface area contributed by atoms with Gasteiger partial charge in [0, 0.05) is 57.3 Å². The highest BCUT2D eigenvalue weighted by molar-refractivity contribution is 7.92. The fourth-order valence-corrected chi connectivity index (χ4v) is 6.46. The molecule has 15 heteroatoms. The van der Waals surface area contributed by atoms with Crippen molar-refractivity contribution in [3.8, 4) is 11.5 Å². The number of fused-ring (bicyclic) bond motifs is 1. The van der Waals surface area contributed by atoms with E-state index in [-0.39, 0.29) is 54.0 Å². The van der Waals surface area contributed by atoms with Crippen LogP contribution >= 0.6 is 0 Å². The maximum atomic E-state index is 14.4. The Morgan fingerprint density at radius 2 is 1.88 bits per heavy atom. The molecule has 3 amide bonds. The molecule has 1 aromatic heterocycles. The molecule has 2 heterocycles. The van der Waals surface area contributed by atoms with Gasteiger partial charge in [-0.3, -0.25) is 9.52 Å². The van der Waals surface area contributed by atoms with Gasteiger partial charge in [0.1, 0.15) is 11.5 Å². The molecule has 3 N–H and O–H groups in total. The Morgan fingerprint density at radius 1 is 1.16 bits per heavy atom. The standard InChI is InChI=1S/C34H48N6O8S/c1-23-18-40(24(2)21-41)33(42)29-17-27(37-49(44,45)32-20-38(4)22-35-32)12-15-30(29)48-25(3)9-7-8-16-47-31(23)19-39(5)34(43)36-26-10-13-28(46-6)14-11-26/h10-15,17,20,22-25,31,37,41H,7-9,16,18-19,21H2,1-6H3,(H,36,43)/t23-,24+,25+,31-/m0/s1. The van der Waals surface area contributed by atoms with Crippen molar-refractivity contribution < 1.29 is 37.3 Å². The van der Waals surface area contributed by atoms with Crippen LogP contribution in [0.15, 0.2) is 60.0 Å². The van der Waals surface area contributed by atoms with Gasteiger partial charge in [0.15, 0.2) is 5.03 Å². The molecule has 4 rings (SSSR count). The first-order valence-electron chi connectivity index (χ1n) is 16.3. The van der Waals surface area contributed by atoms with Gasteiger partial charge in [-0.05, 0) is 75.6 Å². The Morgan fingerprint density at radius 3 is 2.53 bits per heavy atom. The molecular formula is C34H48N6O8S. The molecule has 0 bridgehead atoms. The van der Waals surface area contributed by atoms with Gasteiger partial charge in [-0.25, -0.2) is 9.78 Å². The monoisotopic (exact) mass is 700 g/mol. The topological polar surface area (TPSA) is 165 Å². The number of hydrogen-bond donors (Lipinski definition) is 3. The highest BCUT2D eigenvalue weighted by Gasteiger charge is 2.31. The van der Waals surface area contributed by atoms with E-state index >= 15 is 0 Å². The molecule has 268 valence electrons. The van der Waals surface area contributed by atoms with Gasteiger partial charge >= 0.3 is 6.03 Å². The Balaban J connectivity index is 1.60. The number of amides is 3. The summed E-state index contributed by atoms with van der Waals surface area (Å²) in [6.07, 6.45) is 4.31. The summed E-state index contributed by atoms with van der Waals surface area (Å²) in [7, 11) is 0.885. The predicted molar refractivity (Wildman–Crippen MR) is 186 cm³/mol. The zero-order valence-electron chi connectivity index (χ0n) is 29.0. The van der Waals surface area contributed by atoms with E-state index < -0.39 is 28.1 Å². The van der Waals surface area contributed by atoms with Crippen LogP contribution < -0.4 is 19.5 Å². The maximum absolute atomic E-state index is 14.4. The number of carbonyl (C=O) groups is 2. The summed E-state index contributed by atoms with van der Waals surface area (Å²) in [4.78, 5) is 34.5. The molecule has 0 aliphatic carbocycles. The number of sulfonamides is 1. The van der Waals surface area contributed by atoms with Crippen LogP contribution in [0, 0.1) is 5.92 Å². The Kier molecular flexibility index (Phi) is 12.9. The minimum atomic E-state index is -4.04. The number of aryl methyl sites for hydroxylation is 1. The van der Waals surface area contributed by atoms with E-state index in [1.54, 1.807) is 69.4 Å². The van der Waals surface area contributed by atoms with Crippen LogP contribution in [0.3, 0.4) is 0 Å². The fraction of sp³-hybridized carbons (Fsp3) is 0.500. The Bertz CT molecular complexity index is 1660. The number of aliphatic hydroxyl groups excluding tert-OH is 1. The van der Waals surface area contributed by atoms with Crippen molar-refractivity contribution in [1.82, 2.24) is 19.4 Å². The minimum absolute atomic E-state index is 0.145. The van der Waals surface area contributed by atoms with Crippen LogP contribution in [0.5, 0.6) is 11.5 Å². The van der Waals surface area contributed by atoms with Crippen molar-refractivity contribution in [2.24, 2.45) is 13.0 Å². The molecule has 4 atom stereocenters. The van der Waals surface area contributed by atoms with Crippen LogP contribution in [0.4, 0.5) is 16.2 Å². The predicted octanol–water partition coefficient (Wildman–Crippen LogP) is 4.19.